The van der Waals surface area contributed by atoms with Gasteiger partial charge in [-0.15, -0.1) is 11.8 Å². The highest BCUT2D eigenvalue weighted by Crippen LogP contribution is 2.55. The maximum absolute atomic E-state index is 13.7. The second-order valence-electron chi connectivity index (χ2n) is 12.1. The first-order chi connectivity index (χ1) is 17.4. The van der Waals surface area contributed by atoms with Crippen LogP contribution in [-0.4, -0.2) is 59.1 Å². The number of carbonyl (C=O) groups excluding carboxylic acids is 2. The van der Waals surface area contributed by atoms with E-state index >= 15 is 0 Å². The fourth-order valence-electron chi connectivity index (χ4n) is 8.01. The number of amides is 1. The molecule has 1 amide bonds. The Bertz CT molecular complexity index is 997. The van der Waals surface area contributed by atoms with Gasteiger partial charge in [0.25, 0.3) is 5.91 Å². The molecule has 6 aliphatic rings. The minimum absolute atomic E-state index is 0.0102. The van der Waals surface area contributed by atoms with E-state index in [0.29, 0.717) is 35.0 Å². The second-order valence-corrected chi connectivity index (χ2v) is 13.4. The van der Waals surface area contributed by atoms with Gasteiger partial charge < -0.3 is 20.1 Å². The lowest BCUT2D eigenvalue weighted by Crippen LogP contribution is -2.61. The molecule has 1 aromatic rings. The highest BCUT2D eigenvalue weighted by molar-refractivity contribution is 7.99. The van der Waals surface area contributed by atoms with Crippen molar-refractivity contribution in [2.75, 3.05) is 25.1 Å². The number of carbonyl (C=O) groups is 2. The molecule has 0 aromatic carbocycles. The SMILES string of the molecule is COC(=O)C[C@@H]1CCN(c2ccc(C(=O)NC3[C@H]4CC5C[C@H]3CC(O)(C5)C4)c(SC3CCCC3)n2)C1. The van der Waals surface area contributed by atoms with Gasteiger partial charge >= 0.3 is 5.97 Å². The minimum Gasteiger partial charge on any atom is -0.469 e. The molecule has 0 radical (unpaired) electrons. The van der Waals surface area contributed by atoms with Crippen molar-refractivity contribution in [2.24, 2.45) is 23.7 Å². The van der Waals surface area contributed by atoms with Crippen LogP contribution in [-0.2, 0) is 9.53 Å². The monoisotopic (exact) mass is 513 g/mol. The van der Waals surface area contributed by atoms with Gasteiger partial charge in [0.05, 0.1) is 24.7 Å². The third-order valence-corrected chi connectivity index (χ3v) is 10.8. The van der Waals surface area contributed by atoms with Gasteiger partial charge in [-0.1, -0.05) is 12.8 Å². The molecule has 2 N–H and O–H groups in total. The van der Waals surface area contributed by atoms with E-state index in [4.69, 9.17) is 9.72 Å². The predicted molar refractivity (Wildman–Crippen MR) is 139 cm³/mol. The second kappa shape index (κ2) is 9.82. The topological polar surface area (TPSA) is 91.8 Å². The number of rotatable bonds is 7. The van der Waals surface area contributed by atoms with Crippen molar-refractivity contribution < 1.29 is 19.4 Å². The van der Waals surface area contributed by atoms with Crippen molar-refractivity contribution >= 4 is 29.5 Å². The van der Waals surface area contributed by atoms with Crippen LogP contribution in [0, 0.1) is 23.7 Å². The number of pyridine rings is 1. The first-order valence-corrected chi connectivity index (χ1v) is 14.8. The van der Waals surface area contributed by atoms with Crippen LogP contribution in [0.5, 0.6) is 0 Å². The van der Waals surface area contributed by atoms with Gasteiger partial charge in [-0.2, -0.15) is 0 Å². The molecule has 36 heavy (non-hydrogen) atoms. The third kappa shape index (κ3) is 4.87. The first-order valence-electron chi connectivity index (χ1n) is 13.9. The van der Waals surface area contributed by atoms with Crippen LogP contribution in [0.3, 0.4) is 0 Å². The summed E-state index contributed by atoms with van der Waals surface area (Å²) in [4.78, 5) is 32.7. The lowest BCUT2D eigenvalue weighted by molar-refractivity contribution is -0.141. The van der Waals surface area contributed by atoms with E-state index in [1.165, 1.54) is 32.8 Å². The van der Waals surface area contributed by atoms with Gasteiger partial charge in [-0.05, 0) is 87.2 Å². The van der Waals surface area contributed by atoms with E-state index < -0.39 is 5.60 Å². The molecule has 6 fully saturated rings. The standard InChI is InChI=1S/C28H39N3O4S/c1-35-24(32)12-17-8-9-31(16-17)23-7-6-22(27(29-23)36-21-4-2-3-5-21)26(33)30-25-19-10-18-11-20(25)15-28(34,13-18)14-19/h6-7,17-21,25,34H,2-5,8-16H2,1H3,(H,30,33)/t17-,18?,19-,20-,25?,28?/m0/s1. The number of aliphatic hydroxyl groups is 1. The molecule has 7 rings (SSSR count). The number of aromatic nitrogens is 1. The van der Waals surface area contributed by atoms with E-state index in [-0.39, 0.29) is 23.8 Å². The Labute approximate surface area is 218 Å². The van der Waals surface area contributed by atoms with Crippen LogP contribution in [0.2, 0.25) is 0 Å². The number of hydrogen-bond donors (Lipinski definition) is 2. The molecule has 1 saturated heterocycles. The van der Waals surface area contributed by atoms with E-state index in [9.17, 15) is 14.7 Å². The Balaban J connectivity index is 1.19. The molecular formula is C28H39N3O4S. The van der Waals surface area contributed by atoms with Gasteiger partial charge in [-0.25, -0.2) is 4.98 Å². The summed E-state index contributed by atoms with van der Waals surface area (Å²) >= 11 is 1.77. The normalized spacial score (nSPS) is 35.4. The number of methoxy groups -OCH3 is 1. The van der Waals surface area contributed by atoms with Crippen LogP contribution in [0.1, 0.15) is 81.0 Å². The van der Waals surface area contributed by atoms with E-state index in [1.54, 1.807) is 11.8 Å². The van der Waals surface area contributed by atoms with Crippen molar-refractivity contribution in [2.45, 2.75) is 92.5 Å². The summed E-state index contributed by atoms with van der Waals surface area (Å²) < 4.78 is 4.86. The third-order valence-electron chi connectivity index (χ3n) is 9.50. The van der Waals surface area contributed by atoms with Gasteiger partial charge in [0, 0.05) is 24.4 Å². The molecule has 1 aliphatic heterocycles. The van der Waals surface area contributed by atoms with Crippen molar-refractivity contribution in [3.05, 3.63) is 17.7 Å². The maximum Gasteiger partial charge on any atom is 0.305 e. The summed E-state index contributed by atoms with van der Waals surface area (Å²) in [5.41, 5.74) is 0.194. The van der Waals surface area contributed by atoms with Crippen molar-refractivity contribution in [1.82, 2.24) is 10.3 Å². The van der Waals surface area contributed by atoms with Crippen LogP contribution in [0.25, 0.3) is 0 Å². The lowest BCUT2D eigenvalue weighted by Gasteiger charge is -2.58. The average Bonchev–Trinajstić information content (AvgIpc) is 3.52. The Hall–Kier alpha value is -1.80. The molecule has 7 nitrogen and oxygen atoms in total. The largest absolute Gasteiger partial charge is 0.469 e. The van der Waals surface area contributed by atoms with Crippen molar-refractivity contribution in [3.8, 4) is 0 Å². The zero-order chi connectivity index (χ0) is 24.9. The Morgan fingerprint density at radius 3 is 2.61 bits per heavy atom. The average molecular weight is 514 g/mol. The number of thioether (sulfide) groups is 1. The highest BCUT2D eigenvalue weighted by atomic mass is 32.2. The molecule has 8 heteroatoms. The van der Waals surface area contributed by atoms with Crippen molar-refractivity contribution in [1.29, 1.82) is 0 Å². The lowest BCUT2D eigenvalue weighted by atomic mass is 9.52. The van der Waals surface area contributed by atoms with Gasteiger partial charge in [0.1, 0.15) is 10.8 Å². The quantitative estimate of drug-likeness (QED) is 0.529. The number of hydrogen-bond acceptors (Lipinski definition) is 7. The van der Waals surface area contributed by atoms with E-state index in [0.717, 1.165) is 62.5 Å². The van der Waals surface area contributed by atoms with E-state index in [2.05, 4.69) is 10.2 Å². The van der Waals surface area contributed by atoms with E-state index in [1.807, 2.05) is 12.1 Å². The van der Waals surface area contributed by atoms with Crippen LogP contribution in [0.4, 0.5) is 5.82 Å². The van der Waals surface area contributed by atoms with Crippen molar-refractivity contribution in [3.63, 3.8) is 0 Å². The Morgan fingerprint density at radius 2 is 1.92 bits per heavy atom. The predicted octanol–water partition coefficient (Wildman–Crippen LogP) is 4.18. The number of nitrogens with one attached hydrogen (secondary N) is 1. The fourth-order valence-corrected chi connectivity index (χ4v) is 9.32. The smallest absolute Gasteiger partial charge is 0.305 e. The van der Waals surface area contributed by atoms with Gasteiger partial charge in [0.2, 0.25) is 0 Å². The molecule has 4 bridgehead atoms. The summed E-state index contributed by atoms with van der Waals surface area (Å²) in [5, 5.41) is 15.7. The Kier molecular flexibility index (Phi) is 6.69. The molecule has 5 saturated carbocycles. The Morgan fingerprint density at radius 1 is 1.17 bits per heavy atom. The first kappa shape index (κ1) is 24.5. The highest BCUT2D eigenvalue weighted by Gasteiger charge is 2.55. The van der Waals surface area contributed by atoms with Gasteiger partial charge in [0.15, 0.2) is 0 Å². The maximum atomic E-state index is 13.7. The summed E-state index contributed by atoms with van der Waals surface area (Å²) in [7, 11) is 1.44. The molecule has 2 heterocycles. The number of anilines is 1. The molecule has 0 unspecified atom stereocenters. The molecule has 3 atom stereocenters. The minimum atomic E-state index is -0.494. The molecule has 0 spiro atoms. The summed E-state index contributed by atoms with van der Waals surface area (Å²) in [6.07, 6.45) is 11.1. The molecule has 196 valence electrons. The fraction of sp³-hybridized carbons (Fsp3) is 0.750. The molecule has 5 aliphatic carbocycles. The van der Waals surface area contributed by atoms with Crippen LogP contribution >= 0.6 is 11.8 Å². The molecule has 1 aromatic heterocycles. The van der Waals surface area contributed by atoms with Crippen LogP contribution < -0.4 is 10.2 Å². The number of ether oxygens (including phenoxy) is 1. The van der Waals surface area contributed by atoms with Gasteiger partial charge in [-0.3, -0.25) is 9.59 Å². The summed E-state index contributed by atoms with van der Waals surface area (Å²) in [6.45, 7) is 1.65. The number of esters is 1. The number of nitrogens with zero attached hydrogens (tertiary/aromatic N) is 2. The molecular weight excluding hydrogens is 474 g/mol. The van der Waals surface area contributed by atoms with Crippen LogP contribution in [0.15, 0.2) is 17.2 Å². The zero-order valence-corrected chi connectivity index (χ0v) is 22.1. The summed E-state index contributed by atoms with van der Waals surface area (Å²) in [6, 6.07) is 4.11. The zero-order valence-electron chi connectivity index (χ0n) is 21.3. The summed E-state index contributed by atoms with van der Waals surface area (Å²) in [5.74, 6) is 2.41.